The van der Waals surface area contributed by atoms with Gasteiger partial charge in [-0.2, -0.15) is 0 Å². The first-order valence-corrected chi connectivity index (χ1v) is 13.5. The third-order valence-electron chi connectivity index (χ3n) is 6.45. The van der Waals surface area contributed by atoms with E-state index in [-0.39, 0.29) is 17.8 Å². The molecule has 1 aliphatic heterocycles. The molecule has 1 heterocycles. The maximum absolute atomic E-state index is 13.2. The average Bonchev–Trinajstić information content (AvgIpc) is 2.82. The van der Waals surface area contributed by atoms with E-state index in [1.807, 2.05) is 24.8 Å². The normalized spacial score (nSPS) is 15.3. The van der Waals surface area contributed by atoms with Crippen molar-refractivity contribution >= 4 is 11.6 Å². The molecule has 0 saturated carbocycles. The van der Waals surface area contributed by atoms with Gasteiger partial charge in [0, 0.05) is 37.8 Å². The van der Waals surface area contributed by atoms with Crippen LogP contribution in [0.25, 0.3) is 0 Å². The smallest absolute Gasteiger partial charge is 0.224 e. The predicted molar refractivity (Wildman–Crippen MR) is 148 cm³/mol. The maximum Gasteiger partial charge on any atom is 0.224 e. The molecule has 0 aromatic heterocycles. The van der Waals surface area contributed by atoms with Gasteiger partial charge in [-0.1, -0.05) is 67.4 Å². The monoisotopic (exact) mass is 476 g/mol. The number of piperidine rings is 1. The Hall–Kier alpha value is -1.68. The molecule has 0 N–H and O–H groups in total. The van der Waals surface area contributed by atoms with Crippen molar-refractivity contribution < 1.29 is 9.18 Å². The number of likely N-dealkylation sites (tertiary alicyclic amines) is 1. The number of allylic oxidation sites excluding steroid dienone is 1. The summed E-state index contributed by atoms with van der Waals surface area (Å²) < 4.78 is 13.2. The van der Waals surface area contributed by atoms with Gasteiger partial charge in [0.2, 0.25) is 5.91 Å². The summed E-state index contributed by atoms with van der Waals surface area (Å²) in [4.78, 5) is 16.7. The van der Waals surface area contributed by atoms with Gasteiger partial charge in [0.25, 0.3) is 0 Å². The fraction of sp³-hybridized carbons (Fsp3) is 0.700. The zero-order chi connectivity index (χ0) is 26.1. The Kier molecular flexibility index (Phi) is 16.8. The van der Waals surface area contributed by atoms with Crippen LogP contribution in [0.5, 0.6) is 0 Å². The number of unbranched alkanes of at least 4 members (excludes halogenated alkanes) is 1. The number of rotatable bonds is 9. The molecular formula is C30H53FN2O. The Labute approximate surface area is 210 Å². The second kappa shape index (κ2) is 17.7. The fourth-order valence-electron chi connectivity index (χ4n) is 4.10. The molecular weight excluding hydrogens is 423 g/mol. The van der Waals surface area contributed by atoms with Crippen molar-refractivity contribution in [1.82, 2.24) is 4.90 Å². The number of nitrogens with zero attached hydrogens (tertiary/aromatic N) is 2. The van der Waals surface area contributed by atoms with Crippen LogP contribution in [0.2, 0.25) is 0 Å². The fourth-order valence-corrected chi connectivity index (χ4v) is 4.10. The lowest BCUT2D eigenvalue weighted by Gasteiger charge is -2.41. The highest BCUT2D eigenvalue weighted by molar-refractivity contribution is 5.92. The second-order valence-electron chi connectivity index (χ2n) is 10.2. The number of carbonyl (C=O) groups is 1. The number of hydrogen-bond donors (Lipinski definition) is 0. The molecule has 1 unspecified atom stereocenters. The van der Waals surface area contributed by atoms with Gasteiger partial charge >= 0.3 is 0 Å². The van der Waals surface area contributed by atoms with Crippen molar-refractivity contribution in [3.63, 3.8) is 0 Å². The summed E-state index contributed by atoms with van der Waals surface area (Å²) >= 11 is 0. The van der Waals surface area contributed by atoms with E-state index < -0.39 is 0 Å². The molecule has 0 bridgehead atoms. The molecule has 0 aliphatic carbocycles. The topological polar surface area (TPSA) is 23.6 Å². The minimum Gasteiger partial charge on any atom is -0.310 e. The lowest BCUT2D eigenvalue weighted by molar-refractivity contribution is -0.117. The van der Waals surface area contributed by atoms with E-state index in [1.165, 1.54) is 44.2 Å². The number of benzene rings is 1. The molecule has 2 rings (SSSR count). The van der Waals surface area contributed by atoms with Gasteiger partial charge in [-0.05, 0) is 68.2 Å². The van der Waals surface area contributed by atoms with Crippen LogP contribution in [-0.4, -0.2) is 36.0 Å². The molecule has 1 fully saturated rings. The van der Waals surface area contributed by atoms with Gasteiger partial charge in [0.1, 0.15) is 5.82 Å². The standard InChI is InChI=1S/C22H33FN2O.C6H14.C2H6/c1-4-6-7-9-20(8-5-2)24-16-14-22(15-17-24)25(18(3)26)21-12-10-19(23)11-13-21;1-5-6(2,3)4;1-2/h4,10-13,20,22H,1,5-9,14-17H2,2-3H3;5H2,1-4H3;1-2H3. The highest BCUT2D eigenvalue weighted by Crippen LogP contribution is 2.27. The largest absolute Gasteiger partial charge is 0.310 e. The molecule has 1 aliphatic rings. The van der Waals surface area contributed by atoms with Crippen LogP contribution in [-0.2, 0) is 4.79 Å². The summed E-state index contributed by atoms with van der Waals surface area (Å²) in [7, 11) is 0. The van der Waals surface area contributed by atoms with Crippen LogP contribution < -0.4 is 4.90 Å². The van der Waals surface area contributed by atoms with E-state index in [9.17, 15) is 9.18 Å². The quantitative estimate of drug-likeness (QED) is 0.263. The van der Waals surface area contributed by atoms with Crippen LogP contribution in [0, 0.1) is 11.2 Å². The molecule has 196 valence electrons. The Morgan fingerprint density at radius 1 is 1.15 bits per heavy atom. The second-order valence-corrected chi connectivity index (χ2v) is 10.2. The minimum atomic E-state index is -0.269. The van der Waals surface area contributed by atoms with E-state index in [2.05, 4.69) is 46.1 Å². The van der Waals surface area contributed by atoms with E-state index >= 15 is 0 Å². The van der Waals surface area contributed by atoms with Crippen LogP contribution >= 0.6 is 0 Å². The SMILES string of the molecule is C=CCCCC(CCC)N1CCC(N(C(C)=O)c2ccc(F)cc2)CC1.CC.CCC(C)(C)C. The minimum absolute atomic E-state index is 0.0335. The first kappa shape index (κ1) is 32.3. The molecule has 4 heteroatoms. The van der Waals surface area contributed by atoms with E-state index in [0.29, 0.717) is 11.5 Å². The summed E-state index contributed by atoms with van der Waals surface area (Å²) in [5, 5.41) is 0. The number of amides is 1. The van der Waals surface area contributed by atoms with Crippen molar-refractivity contribution in [2.75, 3.05) is 18.0 Å². The molecule has 1 saturated heterocycles. The van der Waals surface area contributed by atoms with Crippen molar-refractivity contribution in [3.8, 4) is 0 Å². The molecule has 0 spiro atoms. The van der Waals surface area contributed by atoms with Crippen LogP contribution in [0.4, 0.5) is 10.1 Å². The first-order chi connectivity index (χ1) is 16.1. The van der Waals surface area contributed by atoms with Gasteiger partial charge in [0.05, 0.1) is 0 Å². The molecule has 1 aromatic rings. The van der Waals surface area contributed by atoms with E-state index in [1.54, 1.807) is 19.1 Å². The third-order valence-corrected chi connectivity index (χ3v) is 6.45. The summed E-state index contributed by atoms with van der Waals surface area (Å²) in [6, 6.07) is 7.10. The molecule has 3 nitrogen and oxygen atoms in total. The van der Waals surface area contributed by atoms with Gasteiger partial charge < -0.3 is 9.80 Å². The molecule has 0 radical (unpaired) electrons. The van der Waals surface area contributed by atoms with Crippen molar-refractivity contribution in [2.45, 2.75) is 119 Å². The maximum atomic E-state index is 13.2. The predicted octanol–water partition coefficient (Wildman–Crippen LogP) is 8.64. The van der Waals surface area contributed by atoms with Crippen molar-refractivity contribution in [2.24, 2.45) is 5.41 Å². The summed E-state index contributed by atoms with van der Waals surface area (Å²) in [5.74, 6) is -0.236. The molecule has 1 aromatic carbocycles. The molecule has 34 heavy (non-hydrogen) atoms. The van der Waals surface area contributed by atoms with Crippen LogP contribution in [0.1, 0.15) is 107 Å². The average molecular weight is 477 g/mol. The highest BCUT2D eigenvalue weighted by Gasteiger charge is 2.29. The Morgan fingerprint density at radius 2 is 1.68 bits per heavy atom. The van der Waals surface area contributed by atoms with Crippen LogP contribution in [0.15, 0.2) is 36.9 Å². The van der Waals surface area contributed by atoms with E-state index in [0.717, 1.165) is 38.0 Å². The Morgan fingerprint density at radius 3 is 2.09 bits per heavy atom. The lowest BCUT2D eigenvalue weighted by atomic mass is 9.94. The molecule has 1 amide bonds. The molecule has 1 atom stereocenters. The van der Waals surface area contributed by atoms with E-state index in [4.69, 9.17) is 0 Å². The zero-order valence-corrected chi connectivity index (χ0v) is 23.5. The summed E-state index contributed by atoms with van der Waals surface area (Å²) in [5.41, 5.74) is 1.34. The van der Waals surface area contributed by atoms with Gasteiger partial charge in [-0.15, -0.1) is 6.58 Å². The number of halogens is 1. The Bertz CT molecular complexity index is 657. The van der Waals surface area contributed by atoms with Crippen molar-refractivity contribution in [1.29, 1.82) is 0 Å². The van der Waals surface area contributed by atoms with Crippen molar-refractivity contribution in [3.05, 3.63) is 42.7 Å². The third kappa shape index (κ3) is 12.7. The van der Waals surface area contributed by atoms with Gasteiger partial charge in [0.15, 0.2) is 0 Å². The summed E-state index contributed by atoms with van der Waals surface area (Å²) in [6.45, 7) is 22.7. The van der Waals surface area contributed by atoms with Gasteiger partial charge in [-0.3, -0.25) is 4.79 Å². The summed E-state index contributed by atoms with van der Waals surface area (Å²) in [6.07, 6.45) is 11.2. The van der Waals surface area contributed by atoms with Crippen LogP contribution in [0.3, 0.4) is 0 Å². The number of anilines is 1. The first-order valence-electron chi connectivity index (χ1n) is 13.5. The highest BCUT2D eigenvalue weighted by atomic mass is 19.1. The number of carbonyl (C=O) groups excluding carboxylic acids is 1. The number of hydrogen-bond acceptors (Lipinski definition) is 2. The Balaban J connectivity index is 0.00000118. The van der Waals surface area contributed by atoms with Gasteiger partial charge in [-0.25, -0.2) is 4.39 Å². The zero-order valence-electron chi connectivity index (χ0n) is 23.5. The lowest BCUT2D eigenvalue weighted by Crippen LogP contribution is -2.49.